The Kier molecular flexibility index (Phi) is 8.43. The number of rotatable bonds is 9. The molecule has 1 aliphatic rings. The number of H-pyrrole nitrogens is 1. The topological polar surface area (TPSA) is 102 Å². The number of carbonyl (C=O) groups is 1. The maximum absolute atomic E-state index is 14.8. The molecule has 39 heavy (non-hydrogen) atoms. The maximum Gasteiger partial charge on any atom is 0.296 e. The molecule has 3 heterocycles. The van der Waals surface area contributed by atoms with Gasteiger partial charge in [-0.15, -0.1) is 5.10 Å². The standard InChI is InChI=1S/C28H26ClF2N5O3/c29-22-8-7-19(39-11-9-17-4-3-10-38-16-17)13-20(22)21-14-25(32-15-24(21)31)34-28(37)27-33-26(35-36-27)12-18-5-1-2-6-23(18)30/h1-2,5-8,13-15,17H,3-4,9-12,16H2,(H,32,34,37)(H,33,35,36). The van der Waals surface area contributed by atoms with E-state index < -0.39 is 11.7 Å². The Bertz CT molecular complexity index is 1460. The minimum absolute atomic E-state index is 0.0801. The van der Waals surface area contributed by atoms with Gasteiger partial charge in [-0.25, -0.2) is 18.7 Å². The molecule has 1 aliphatic heterocycles. The Morgan fingerprint density at radius 1 is 1.15 bits per heavy atom. The van der Waals surface area contributed by atoms with E-state index in [1.54, 1.807) is 36.4 Å². The third kappa shape index (κ3) is 6.76. The van der Waals surface area contributed by atoms with Gasteiger partial charge in [0.25, 0.3) is 5.91 Å². The summed E-state index contributed by atoms with van der Waals surface area (Å²) in [7, 11) is 0. The van der Waals surface area contributed by atoms with Crippen LogP contribution in [0.25, 0.3) is 11.1 Å². The number of nitrogens with one attached hydrogen (secondary N) is 2. The van der Waals surface area contributed by atoms with Crippen LogP contribution in [0.2, 0.25) is 5.02 Å². The van der Waals surface area contributed by atoms with E-state index in [4.69, 9.17) is 21.1 Å². The molecule has 8 nitrogen and oxygen atoms in total. The van der Waals surface area contributed by atoms with Gasteiger partial charge in [-0.1, -0.05) is 29.8 Å². The minimum Gasteiger partial charge on any atom is -0.494 e. The normalized spacial score (nSPS) is 15.2. The SMILES string of the molecule is O=C(Nc1cc(-c2cc(OCCC3CCCOC3)ccc2Cl)c(F)cn1)c1n[nH]c(Cc2ccccc2F)n1. The van der Waals surface area contributed by atoms with Crippen LogP contribution in [0.4, 0.5) is 14.6 Å². The lowest BCUT2D eigenvalue weighted by atomic mass is 9.99. The fourth-order valence-electron chi connectivity index (χ4n) is 4.36. The number of benzene rings is 2. The predicted octanol–water partition coefficient (Wildman–Crippen LogP) is 5.84. The van der Waals surface area contributed by atoms with E-state index >= 15 is 0 Å². The molecule has 0 radical (unpaired) electrons. The molecular formula is C28H26ClF2N5O3. The van der Waals surface area contributed by atoms with Crippen molar-refractivity contribution in [1.29, 1.82) is 0 Å². The molecule has 202 valence electrons. The smallest absolute Gasteiger partial charge is 0.296 e. The van der Waals surface area contributed by atoms with Crippen molar-refractivity contribution in [1.82, 2.24) is 20.2 Å². The summed E-state index contributed by atoms with van der Waals surface area (Å²) in [4.78, 5) is 20.8. The second kappa shape index (κ2) is 12.3. The zero-order valence-corrected chi connectivity index (χ0v) is 21.7. The highest BCUT2D eigenvalue weighted by molar-refractivity contribution is 6.33. The van der Waals surface area contributed by atoms with Crippen molar-refractivity contribution < 1.29 is 23.0 Å². The number of aromatic nitrogens is 4. The fraction of sp³-hybridized carbons (Fsp3) is 0.286. The molecule has 5 rings (SSSR count). The quantitative estimate of drug-likeness (QED) is 0.270. The first-order chi connectivity index (χ1) is 19.0. The van der Waals surface area contributed by atoms with Gasteiger partial charge in [-0.3, -0.25) is 9.89 Å². The molecule has 0 aliphatic carbocycles. The van der Waals surface area contributed by atoms with Crippen molar-refractivity contribution in [2.45, 2.75) is 25.7 Å². The van der Waals surface area contributed by atoms with E-state index in [0.717, 1.165) is 38.7 Å². The first-order valence-electron chi connectivity index (χ1n) is 12.6. The van der Waals surface area contributed by atoms with Gasteiger partial charge in [-0.05, 0) is 61.1 Å². The van der Waals surface area contributed by atoms with Gasteiger partial charge in [0, 0.05) is 35.8 Å². The van der Waals surface area contributed by atoms with Crippen molar-refractivity contribution in [2.24, 2.45) is 5.92 Å². The Labute approximate surface area is 228 Å². The van der Waals surface area contributed by atoms with Crippen LogP contribution in [0.15, 0.2) is 54.7 Å². The monoisotopic (exact) mass is 553 g/mol. The van der Waals surface area contributed by atoms with E-state index in [9.17, 15) is 13.6 Å². The van der Waals surface area contributed by atoms with Crippen LogP contribution in [0.5, 0.6) is 5.75 Å². The van der Waals surface area contributed by atoms with Crippen LogP contribution in [0, 0.1) is 17.6 Å². The Morgan fingerprint density at radius 2 is 2.03 bits per heavy atom. The largest absolute Gasteiger partial charge is 0.494 e. The molecule has 1 atom stereocenters. The summed E-state index contributed by atoms with van der Waals surface area (Å²) in [5, 5.41) is 9.43. The van der Waals surface area contributed by atoms with Gasteiger partial charge in [-0.2, -0.15) is 0 Å². The molecule has 4 aromatic rings. The average Bonchev–Trinajstić information content (AvgIpc) is 3.41. The average molecular weight is 554 g/mol. The lowest BCUT2D eigenvalue weighted by molar-refractivity contribution is 0.0462. The second-order valence-corrected chi connectivity index (χ2v) is 9.65. The van der Waals surface area contributed by atoms with Crippen LogP contribution in [-0.4, -0.2) is 45.9 Å². The number of amides is 1. The third-order valence-electron chi connectivity index (χ3n) is 6.42. The third-order valence-corrected chi connectivity index (χ3v) is 6.75. The van der Waals surface area contributed by atoms with Crippen molar-refractivity contribution in [2.75, 3.05) is 25.1 Å². The zero-order valence-electron chi connectivity index (χ0n) is 20.9. The van der Waals surface area contributed by atoms with E-state index in [2.05, 4.69) is 25.5 Å². The molecule has 2 N–H and O–H groups in total. The summed E-state index contributed by atoms with van der Waals surface area (Å²) < 4.78 is 40.2. The van der Waals surface area contributed by atoms with Crippen molar-refractivity contribution >= 4 is 23.3 Å². The van der Waals surface area contributed by atoms with E-state index in [0.29, 0.717) is 40.2 Å². The molecular weight excluding hydrogens is 528 g/mol. The predicted molar refractivity (Wildman–Crippen MR) is 142 cm³/mol. The molecule has 0 bridgehead atoms. The van der Waals surface area contributed by atoms with Crippen molar-refractivity contribution in [3.05, 3.63) is 88.6 Å². The molecule has 11 heteroatoms. The van der Waals surface area contributed by atoms with Crippen LogP contribution >= 0.6 is 11.6 Å². The van der Waals surface area contributed by atoms with Gasteiger partial charge in [0.1, 0.15) is 29.0 Å². The van der Waals surface area contributed by atoms with Gasteiger partial charge in [0.05, 0.1) is 12.8 Å². The molecule has 0 spiro atoms. The number of hydrogen-bond donors (Lipinski definition) is 2. The minimum atomic E-state index is -0.661. The number of nitrogens with zero attached hydrogens (tertiary/aromatic N) is 3. The number of anilines is 1. The fourth-order valence-corrected chi connectivity index (χ4v) is 4.58. The summed E-state index contributed by atoms with van der Waals surface area (Å²) in [6, 6.07) is 12.7. The number of pyridine rings is 1. The van der Waals surface area contributed by atoms with E-state index in [1.807, 2.05) is 0 Å². The second-order valence-electron chi connectivity index (χ2n) is 9.24. The summed E-state index contributed by atoms with van der Waals surface area (Å²) in [5.41, 5.74) is 0.957. The molecule has 1 fully saturated rings. The lowest BCUT2D eigenvalue weighted by Crippen LogP contribution is -2.19. The number of carbonyl (C=O) groups excluding carboxylic acids is 1. The first kappa shape index (κ1) is 26.7. The number of aromatic amines is 1. The molecule has 1 saturated heterocycles. The van der Waals surface area contributed by atoms with E-state index in [-0.39, 0.29) is 29.4 Å². The number of ether oxygens (including phenoxy) is 2. The zero-order chi connectivity index (χ0) is 27.2. The summed E-state index contributed by atoms with van der Waals surface area (Å²) >= 11 is 6.40. The van der Waals surface area contributed by atoms with Gasteiger partial charge < -0.3 is 14.8 Å². The highest BCUT2D eigenvalue weighted by atomic mass is 35.5. The van der Waals surface area contributed by atoms with Crippen LogP contribution in [-0.2, 0) is 11.2 Å². The summed E-state index contributed by atoms with van der Waals surface area (Å²) in [6.45, 7) is 2.06. The molecule has 1 unspecified atom stereocenters. The van der Waals surface area contributed by atoms with Gasteiger partial charge in [0.15, 0.2) is 0 Å². The van der Waals surface area contributed by atoms with Gasteiger partial charge in [0.2, 0.25) is 5.82 Å². The highest BCUT2D eigenvalue weighted by Gasteiger charge is 2.18. The first-order valence-corrected chi connectivity index (χ1v) is 13.0. The van der Waals surface area contributed by atoms with Crippen molar-refractivity contribution in [3.8, 4) is 16.9 Å². The highest BCUT2D eigenvalue weighted by Crippen LogP contribution is 2.34. The van der Waals surface area contributed by atoms with Crippen LogP contribution in [0.3, 0.4) is 0 Å². The number of halogens is 3. The Morgan fingerprint density at radius 3 is 2.85 bits per heavy atom. The lowest BCUT2D eigenvalue weighted by Gasteiger charge is -2.22. The van der Waals surface area contributed by atoms with Crippen molar-refractivity contribution in [3.63, 3.8) is 0 Å². The Hall–Kier alpha value is -3.89. The molecule has 2 aromatic heterocycles. The molecule has 0 saturated carbocycles. The van der Waals surface area contributed by atoms with Crippen LogP contribution < -0.4 is 10.1 Å². The van der Waals surface area contributed by atoms with Crippen LogP contribution in [0.1, 0.15) is 41.3 Å². The summed E-state index contributed by atoms with van der Waals surface area (Å²) in [6.07, 6.45) is 4.17. The summed E-state index contributed by atoms with van der Waals surface area (Å²) in [5.74, 6) is -0.401. The van der Waals surface area contributed by atoms with E-state index in [1.165, 1.54) is 12.1 Å². The maximum atomic E-state index is 14.8. The molecule has 1 amide bonds. The van der Waals surface area contributed by atoms with Gasteiger partial charge >= 0.3 is 0 Å². The molecule has 2 aromatic carbocycles. The Balaban J connectivity index is 1.26. The number of hydrogen-bond acceptors (Lipinski definition) is 6.